The van der Waals surface area contributed by atoms with Crippen LogP contribution in [0.3, 0.4) is 0 Å². The third kappa shape index (κ3) is 10.2. The molecule has 2 atom stereocenters. The lowest BCUT2D eigenvalue weighted by atomic mass is 9.69. The maximum absolute atomic E-state index is 13.7. The third-order valence-corrected chi connectivity index (χ3v) is 8.82. The molecular formula is C37H54N6O8. The maximum Gasteiger partial charge on any atom is 0.407 e. The number of alkyl carbamates (subject to hydrolysis) is 2. The second kappa shape index (κ2) is 16.4. The van der Waals surface area contributed by atoms with Crippen LogP contribution in [0.25, 0.3) is 0 Å². The van der Waals surface area contributed by atoms with Gasteiger partial charge in [0.25, 0.3) is 11.8 Å². The topological polar surface area (TPSA) is 158 Å². The summed E-state index contributed by atoms with van der Waals surface area (Å²) in [4.78, 5) is 85.0. The van der Waals surface area contributed by atoms with E-state index in [0.29, 0.717) is 80.8 Å². The molecule has 2 aliphatic carbocycles. The molecule has 280 valence electrons. The average Bonchev–Trinajstić information content (AvgIpc) is 3.02. The summed E-state index contributed by atoms with van der Waals surface area (Å²) in [7, 11) is 3.83. The van der Waals surface area contributed by atoms with Crippen molar-refractivity contribution in [1.82, 2.24) is 30.2 Å². The van der Waals surface area contributed by atoms with Crippen LogP contribution in [0, 0.1) is 11.8 Å². The maximum atomic E-state index is 13.7. The molecule has 2 N–H and O–H groups in total. The van der Waals surface area contributed by atoms with Gasteiger partial charge in [-0.1, -0.05) is 24.3 Å². The molecule has 14 heteroatoms. The van der Waals surface area contributed by atoms with E-state index in [9.17, 15) is 28.8 Å². The highest BCUT2D eigenvalue weighted by molar-refractivity contribution is 6.18. The van der Waals surface area contributed by atoms with E-state index in [1.54, 1.807) is 45.1 Å². The van der Waals surface area contributed by atoms with Gasteiger partial charge in [0, 0.05) is 43.9 Å². The van der Waals surface area contributed by atoms with Gasteiger partial charge in [-0.15, -0.1) is 0 Å². The molecular weight excluding hydrogens is 656 g/mol. The quantitative estimate of drug-likeness (QED) is 0.191. The minimum Gasteiger partial charge on any atom is -0.444 e. The summed E-state index contributed by atoms with van der Waals surface area (Å²) >= 11 is 0. The summed E-state index contributed by atoms with van der Waals surface area (Å²) in [5, 5.41) is 5.47. The minimum atomic E-state index is -0.752. The van der Waals surface area contributed by atoms with Crippen LogP contribution in [0.5, 0.6) is 0 Å². The number of nitrogens with zero attached hydrogens (tertiary/aromatic N) is 4. The molecule has 0 saturated carbocycles. The Balaban J connectivity index is 1.30. The molecule has 0 saturated heterocycles. The van der Waals surface area contributed by atoms with Crippen LogP contribution < -0.4 is 10.6 Å². The van der Waals surface area contributed by atoms with Crippen LogP contribution in [0.1, 0.15) is 60.8 Å². The zero-order chi connectivity index (χ0) is 37.7. The fourth-order valence-corrected chi connectivity index (χ4v) is 6.45. The summed E-state index contributed by atoms with van der Waals surface area (Å²) in [6.07, 6.45) is 7.61. The Kier molecular flexibility index (Phi) is 12.7. The van der Waals surface area contributed by atoms with Crippen LogP contribution >= 0.6 is 0 Å². The molecule has 0 aromatic heterocycles. The Hall–Kier alpha value is -4.30. The van der Waals surface area contributed by atoms with Crippen LogP contribution in [0.15, 0.2) is 46.6 Å². The van der Waals surface area contributed by atoms with Crippen LogP contribution in [0.4, 0.5) is 9.59 Å². The largest absolute Gasteiger partial charge is 0.444 e. The molecule has 0 aromatic carbocycles. The number of imide groups is 2. The lowest BCUT2D eigenvalue weighted by Crippen LogP contribution is -2.53. The van der Waals surface area contributed by atoms with Gasteiger partial charge in [0.05, 0.1) is 11.8 Å². The lowest BCUT2D eigenvalue weighted by molar-refractivity contribution is -0.148. The number of ether oxygens (including phenoxy) is 2. The molecule has 4 rings (SSSR count). The van der Waals surface area contributed by atoms with Gasteiger partial charge in [-0.25, -0.2) is 9.59 Å². The molecule has 6 amide bonds. The van der Waals surface area contributed by atoms with Gasteiger partial charge in [-0.05, 0) is 106 Å². The fraction of sp³-hybridized carbons (Fsp3) is 0.622. The van der Waals surface area contributed by atoms with E-state index in [1.165, 1.54) is 9.80 Å². The van der Waals surface area contributed by atoms with Gasteiger partial charge < -0.3 is 29.9 Å². The van der Waals surface area contributed by atoms with Gasteiger partial charge in [0.1, 0.15) is 11.2 Å². The van der Waals surface area contributed by atoms with Crippen molar-refractivity contribution in [2.24, 2.45) is 11.8 Å². The molecule has 51 heavy (non-hydrogen) atoms. The van der Waals surface area contributed by atoms with Gasteiger partial charge in [-0.2, -0.15) is 0 Å². The summed E-state index contributed by atoms with van der Waals surface area (Å²) in [6, 6.07) is 0. The first-order valence-electron chi connectivity index (χ1n) is 17.7. The van der Waals surface area contributed by atoms with E-state index >= 15 is 0 Å². The zero-order valence-electron chi connectivity index (χ0n) is 31.3. The molecule has 0 radical (unpaired) electrons. The van der Waals surface area contributed by atoms with Crippen molar-refractivity contribution in [2.75, 3.05) is 66.5 Å². The van der Waals surface area contributed by atoms with Crippen LogP contribution in [-0.2, 0) is 28.7 Å². The average molecular weight is 711 g/mol. The van der Waals surface area contributed by atoms with Crippen molar-refractivity contribution in [3.05, 3.63) is 46.6 Å². The van der Waals surface area contributed by atoms with E-state index in [0.717, 1.165) is 0 Å². The molecule has 0 aromatic rings. The Bertz CT molecular complexity index is 1530. The Morgan fingerprint density at radius 3 is 1.47 bits per heavy atom. The highest BCUT2D eigenvalue weighted by Gasteiger charge is 2.50. The van der Waals surface area contributed by atoms with Gasteiger partial charge in [-0.3, -0.25) is 29.0 Å². The second-order valence-electron chi connectivity index (χ2n) is 15.4. The van der Waals surface area contributed by atoms with Crippen molar-refractivity contribution < 1.29 is 38.2 Å². The number of rotatable bonds is 15. The first-order valence-corrected chi connectivity index (χ1v) is 17.7. The molecule has 14 nitrogen and oxygen atoms in total. The Morgan fingerprint density at radius 2 is 1.04 bits per heavy atom. The standard InChI is InChI=1S/C37H54N6O8/c1-36(2,3)50-34(48)38-16-9-18-40(7)20-11-21-42-30(44)24-12-14-26-29-27(15-13-25(28(24)29)31(42)45)33(47)43(32(26)46)23-22-41(8)19-10-17-39-35(49)51-37(4,5)6/h12-15,24,27H,9-11,16-23H2,1-8H3,(H,38,48)(H,39,49). The molecule has 0 bridgehead atoms. The summed E-state index contributed by atoms with van der Waals surface area (Å²) in [6.45, 7) is 14.6. The lowest BCUT2D eigenvalue weighted by Gasteiger charge is -2.42. The second-order valence-corrected chi connectivity index (χ2v) is 15.4. The van der Waals surface area contributed by atoms with Crippen molar-refractivity contribution in [3.8, 4) is 0 Å². The predicted molar refractivity (Wildman–Crippen MR) is 190 cm³/mol. The fourth-order valence-electron chi connectivity index (χ4n) is 6.45. The van der Waals surface area contributed by atoms with Gasteiger partial charge >= 0.3 is 12.2 Å². The molecule has 0 fully saturated rings. The van der Waals surface area contributed by atoms with Gasteiger partial charge in [0.2, 0.25) is 11.8 Å². The highest BCUT2D eigenvalue weighted by Crippen LogP contribution is 2.46. The number of amides is 6. The number of carbonyl (C=O) groups is 6. The van der Waals surface area contributed by atoms with E-state index in [4.69, 9.17) is 9.47 Å². The van der Waals surface area contributed by atoms with E-state index in [2.05, 4.69) is 15.5 Å². The first kappa shape index (κ1) is 39.5. The number of hydrogen-bond donors (Lipinski definition) is 2. The van der Waals surface area contributed by atoms with E-state index in [1.807, 2.05) is 39.8 Å². The van der Waals surface area contributed by atoms with Crippen LogP contribution in [0.2, 0.25) is 0 Å². The monoisotopic (exact) mass is 710 g/mol. The van der Waals surface area contributed by atoms with Gasteiger partial charge in [0.15, 0.2) is 0 Å². The summed E-state index contributed by atoms with van der Waals surface area (Å²) in [5.74, 6) is -3.08. The van der Waals surface area contributed by atoms with Crippen LogP contribution in [-0.4, -0.2) is 133 Å². The van der Waals surface area contributed by atoms with Crippen molar-refractivity contribution in [3.63, 3.8) is 0 Å². The highest BCUT2D eigenvalue weighted by atomic mass is 16.6. The third-order valence-electron chi connectivity index (χ3n) is 8.82. The minimum absolute atomic E-state index is 0.179. The summed E-state index contributed by atoms with van der Waals surface area (Å²) < 4.78 is 10.5. The number of nitrogens with one attached hydrogen (secondary N) is 2. The zero-order valence-corrected chi connectivity index (χ0v) is 31.3. The Morgan fingerprint density at radius 1 is 0.647 bits per heavy atom. The van der Waals surface area contributed by atoms with Crippen molar-refractivity contribution in [1.29, 1.82) is 0 Å². The van der Waals surface area contributed by atoms with E-state index < -0.39 is 47.0 Å². The van der Waals surface area contributed by atoms with E-state index in [-0.39, 0.29) is 24.9 Å². The first-order chi connectivity index (χ1) is 23.9. The molecule has 2 aliphatic heterocycles. The number of hydrogen-bond acceptors (Lipinski definition) is 10. The normalized spacial score (nSPS) is 20.1. The molecule has 0 spiro atoms. The smallest absolute Gasteiger partial charge is 0.407 e. The number of likely N-dealkylation sites (N-methyl/N-ethyl adjacent to an activating group) is 1. The van der Waals surface area contributed by atoms with Crippen molar-refractivity contribution in [2.45, 2.75) is 72.0 Å². The molecule has 4 aliphatic rings. The predicted octanol–water partition coefficient (Wildman–Crippen LogP) is 2.77. The van der Waals surface area contributed by atoms with Crippen molar-refractivity contribution >= 4 is 35.8 Å². The SMILES string of the molecule is CN(CCCNC(=O)OC(C)(C)C)CCCN1C(=O)C2=C3C4=C(C=CC3C1=O)C(=O)N(CCN(C)CCCNC(=O)OC(C)(C)C)C(=O)C4C=C2. The molecule has 2 unspecified atom stereocenters. The Labute approximate surface area is 300 Å². The molecule has 2 heterocycles. The summed E-state index contributed by atoms with van der Waals surface area (Å²) in [5.41, 5.74) is 0.499. The number of carbonyl (C=O) groups excluding carboxylic acids is 6.